The summed E-state index contributed by atoms with van der Waals surface area (Å²) < 4.78 is 12.2. The van der Waals surface area contributed by atoms with Crippen LogP contribution in [0.3, 0.4) is 0 Å². The highest BCUT2D eigenvalue weighted by molar-refractivity contribution is 6.17. The van der Waals surface area contributed by atoms with E-state index < -0.39 is 0 Å². The summed E-state index contributed by atoms with van der Waals surface area (Å²) in [6.45, 7) is 5.92. The summed E-state index contributed by atoms with van der Waals surface area (Å²) in [5, 5.41) is 2.30. The highest BCUT2D eigenvalue weighted by Gasteiger charge is 2.09. The Morgan fingerprint density at radius 1 is 0.679 bits per heavy atom. The molecule has 0 fully saturated rings. The third kappa shape index (κ3) is 7.91. The van der Waals surface area contributed by atoms with Crippen molar-refractivity contribution in [3.05, 3.63) is 35.9 Å². The van der Waals surface area contributed by atoms with Gasteiger partial charge in [-0.1, -0.05) is 69.6 Å². The second-order valence-corrected chi connectivity index (χ2v) is 8.06. The minimum absolute atomic E-state index is 0.753. The molecule has 28 heavy (non-hydrogen) atoms. The standard InChI is InChI=1S/C25H37ClO2/c1-3-4-5-6-8-11-18-27-24-15-16-25(28-19-12-9-7-10-17-26)23-20-21(2)13-14-22(23)24/h13-16,20H,3-12,17-19H2,1-2H3. The molecule has 0 atom stereocenters. The maximum atomic E-state index is 6.12. The van der Waals surface area contributed by atoms with Crippen molar-refractivity contribution in [2.75, 3.05) is 19.1 Å². The van der Waals surface area contributed by atoms with Crippen LogP contribution in [0.2, 0.25) is 0 Å². The molecule has 0 bridgehead atoms. The molecular formula is C25H37ClO2. The van der Waals surface area contributed by atoms with Crippen molar-refractivity contribution in [2.45, 2.75) is 78.1 Å². The molecule has 0 amide bonds. The normalized spacial score (nSPS) is 11.1. The molecule has 0 N–H and O–H groups in total. The lowest BCUT2D eigenvalue weighted by Crippen LogP contribution is -2.01. The molecule has 0 radical (unpaired) electrons. The van der Waals surface area contributed by atoms with Gasteiger partial charge < -0.3 is 9.47 Å². The number of rotatable bonds is 15. The molecule has 0 aliphatic carbocycles. The van der Waals surface area contributed by atoms with Gasteiger partial charge in [-0.05, 0) is 44.4 Å². The monoisotopic (exact) mass is 404 g/mol. The van der Waals surface area contributed by atoms with E-state index in [0.29, 0.717) is 0 Å². The van der Waals surface area contributed by atoms with Gasteiger partial charge in [0.25, 0.3) is 0 Å². The molecule has 2 aromatic rings. The predicted molar refractivity (Wildman–Crippen MR) is 122 cm³/mol. The van der Waals surface area contributed by atoms with Crippen molar-refractivity contribution < 1.29 is 9.47 Å². The van der Waals surface area contributed by atoms with E-state index in [1.807, 2.05) is 0 Å². The molecule has 0 spiro atoms. The number of unbranched alkanes of at least 4 members (excludes halogenated alkanes) is 8. The van der Waals surface area contributed by atoms with Crippen LogP contribution in [0.5, 0.6) is 11.5 Å². The zero-order valence-corrected chi connectivity index (χ0v) is 18.5. The number of ether oxygens (including phenoxy) is 2. The van der Waals surface area contributed by atoms with Crippen LogP contribution >= 0.6 is 11.6 Å². The molecule has 0 unspecified atom stereocenters. The van der Waals surface area contributed by atoms with E-state index in [2.05, 4.69) is 44.2 Å². The van der Waals surface area contributed by atoms with E-state index in [1.165, 1.54) is 50.5 Å². The van der Waals surface area contributed by atoms with Gasteiger partial charge in [-0.2, -0.15) is 0 Å². The lowest BCUT2D eigenvalue weighted by molar-refractivity contribution is 0.301. The van der Waals surface area contributed by atoms with Crippen LogP contribution in [0.1, 0.15) is 76.7 Å². The maximum absolute atomic E-state index is 6.12. The van der Waals surface area contributed by atoms with Crippen molar-refractivity contribution in [3.8, 4) is 11.5 Å². The average Bonchev–Trinajstić information content (AvgIpc) is 2.70. The number of aryl methyl sites for hydroxylation is 1. The van der Waals surface area contributed by atoms with Crippen molar-refractivity contribution in [3.63, 3.8) is 0 Å². The molecule has 3 heteroatoms. The van der Waals surface area contributed by atoms with Crippen LogP contribution in [0.4, 0.5) is 0 Å². The van der Waals surface area contributed by atoms with Gasteiger partial charge in [0, 0.05) is 16.7 Å². The Hall–Kier alpha value is -1.41. The summed E-state index contributed by atoms with van der Waals surface area (Å²) in [4.78, 5) is 0. The Balaban J connectivity index is 1.91. The maximum Gasteiger partial charge on any atom is 0.127 e. The van der Waals surface area contributed by atoms with E-state index in [9.17, 15) is 0 Å². The van der Waals surface area contributed by atoms with Crippen molar-refractivity contribution in [1.29, 1.82) is 0 Å². The van der Waals surface area contributed by atoms with Gasteiger partial charge in [-0.15, -0.1) is 11.6 Å². The Bertz CT molecular complexity index is 684. The van der Waals surface area contributed by atoms with Gasteiger partial charge in [0.2, 0.25) is 0 Å². The first-order valence-corrected chi connectivity index (χ1v) is 11.6. The van der Waals surface area contributed by atoms with Crippen molar-refractivity contribution >= 4 is 22.4 Å². The Morgan fingerprint density at radius 3 is 1.89 bits per heavy atom. The Kier molecular flexibility index (Phi) is 11.2. The summed E-state index contributed by atoms with van der Waals surface area (Å²) in [6.07, 6.45) is 12.2. The van der Waals surface area contributed by atoms with E-state index in [0.717, 1.165) is 60.6 Å². The topological polar surface area (TPSA) is 18.5 Å². The number of halogens is 1. The summed E-state index contributed by atoms with van der Waals surface area (Å²) in [5.41, 5.74) is 1.24. The largest absolute Gasteiger partial charge is 0.493 e. The van der Waals surface area contributed by atoms with Crippen molar-refractivity contribution in [2.24, 2.45) is 0 Å². The molecule has 0 aliphatic rings. The summed E-state index contributed by atoms with van der Waals surface area (Å²) in [6, 6.07) is 10.6. The van der Waals surface area contributed by atoms with E-state index >= 15 is 0 Å². The van der Waals surface area contributed by atoms with Crippen LogP contribution in [-0.4, -0.2) is 19.1 Å². The summed E-state index contributed by atoms with van der Waals surface area (Å²) >= 11 is 5.74. The molecule has 0 aromatic heterocycles. The van der Waals surface area contributed by atoms with Gasteiger partial charge in [-0.25, -0.2) is 0 Å². The molecular weight excluding hydrogens is 368 g/mol. The molecule has 0 saturated heterocycles. The van der Waals surface area contributed by atoms with Crippen LogP contribution in [-0.2, 0) is 0 Å². The zero-order chi connectivity index (χ0) is 20.0. The van der Waals surface area contributed by atoms with Gasteiger partial charge >= 0.3 is 0 Å². The first kappa shape index (κ1) is 22.9. The van der Waals surface area contributed by atoms with Crippen LogP contribution in [0.25, 0.3) is 10.8 Å². The SMILES string of the molecule is CCCCCCCCOc1ccc(OCCCCCCCl)c2cc(C)ccc12. The number of hydrogen-bond donors (Lipinski definition) is 0. The number of hydrogen-bond acceptors (Lipinski definition) is 2. The van der Waals surface area contributed by atoms with E-state index in [4.69, 9.17) is 21.1 Å². The lowest BCUT2D eigenvalue weighted by Gasteiger charge is -2.14. The van der Waals surface area contributed by atoms with E-state index in [1.54, 1.807) is 0 Å². The third-order valence-corrected chi connectivity index (χ3v) is 5.40. The third-order valence-electron chi connectivity index (χ3n) is 5.13. The number of alkyl halides is 1. The van der Waals surface area contributed by atoms with Crippen LogP contribution in [0.15, 0.2) is 30.3 Å². The van der Waals surface area contributed by atoms with Crippen molar-refractivity contribution in [1.82, 2.24) is 0 Å². The predicted octanol–water partition coefficient (Wildman–Crippen LogP) is 8.07. The lowest BCUT2D eigenvalue weighted by atomic mass is 10.1. The molecule has 2 rings (SSSR count). The first-order chi connectivity index (χ1) is 13.8. The molecule has 0 aliphatic heterocycles. The molecule has 156 valence electrons. The molecule has 0 heterocycles. The summed E-state index contributed by atoms with van der Waals surface area (Å²) in [5.74, 6) is 2.69. The van der Waals surface area contributed by atoms with Gasteiger partial charge in [0.05, 0.1) is 13.2 Å². The first-order valence-electron chi connectivity index (χ1n) is 11.1. The fourth-order valence-electron chi connectivity index (χ4n) is 3.46. The zero-order valence-electron chi connectivity index (χ0n) is 17.8. The quantitative estimate of drug-likeness (QED) is 0.220. The minimum Gasteiger partial charge on any atom is -0.493 e. The number of benzene rings is 2. The van der Waals surface area contributed by atoms with Gasteiger partial charge in [0.1, 0.15) is 11.5 Å². The highest BCUT2D eigenvalue weighted by atomic mass is 35.5. The highest BCUT2D eigenvalue weighted by Crippen LogP contribution is 2.34. The molecule has 2 nitrogen and oxygen atoms in total. The second-order valence-electron chi connectivity index (χ2n) is 7.68. The Morgan fingerprint density at radius 2 is 1.25 bits per heavy atom. The summed E-state index contributed by atoms with van der Waals surface area (Å²) in [7, 11) is 0. The number of fused-ring (bicyclic) bond motifs is 1. The molecule has 0 saturated carbocycles. The van der Waals surface area contributed by atoms with Gasteiger partial charge in [0.15, 0.2) is 0 Å². The second kappa shape index (κ2) is 13.7. The minimum atomic E-state index is 0.753. The Labute approximate surface area is 176 Å². The molecule has 2 aromatic carbocycles. The fraction of sp³-hybridized carbons (Fsp3) is 0.600. The smallest absolute Gasteiger partial charge is 0.127 e. The van der Waals surface area contributed by atoms with Gasteiger partial charge in [-0.3, -0.25) is 0 Å². The van der Waals surface area contributed by atoms with Crippen LogP contribution in [0, 0.1) is 6.92 Å². The van der Waals surface area contributed by atoms with E-state index in [-0.39, 0.29) is 0 Å². The average molecular weight is 405 g/mol. The fourth-order valence-corrected chi connectivity index (χ4v) is 3.65. The van der Waals surface area contributed by atoms with Crippen LogP contribution < -0.4 is 9.47 Å².